The normalized spacial score (nSPS) is 15.1. The van der Waals surface area contributed by atoms with Crippen LogP contribution in [0, 0.1) is 0 Å². The number of carbonyl (C=O) groups excluding carboxylic acids is 3. The van der Waals surface area contributed by atoms with E-state index in [0.717, 1.165) is 25.7 Å². The highest BCUT2D eigenvalue weighted by Crippen LogP contribution is 2.29. The van der Waals surface area contributed by atoms with Gasteiger partial charge in [0.15, 0.2) is 6.10 Å². The van der Waals surface area contributed by atoms with Crippen LogP contribution in [-0.2, 0) is 22.4 Å². The molecule has 2 aromatic rings. The Morgan fingerprint density at radius 2 is 1.93 bits per heavy atom. The summed E-state index contributed by atoms with van der Waals surface area (Å²) in [6.45, 7) is 1.51. The fraction of sp³-hybridized carbons (Fsp3) is 0.421. The third-order valence-corrected chi connectivity index (χ3v) is 6.57. The standard InChI is InChI=1S/C19H22N2O4S2/c1-11(17(23)21-18-13(16(20)22)8-9-26-18)25-19(24)15-10-12-6-4-2-3-5-7-14(12)27-15/h8-11H,2-7H2,1H3,(H2,20,22)(H,21,23)/t11-/m0/s1. The summed E-state index contributed by atoms with van der Waals surface area (Å²) in [4.78, 5) is 37.9. The van der Waals surface area contributed by atoms with Gasteiger partial charge in [-0.05, 0) is 55.7 Å². The van der Waals surface area contributed by atoms with Gasteiger partial charge in [-0.3, -0.25) is 9.59 Å². The van der Waals surface area contributed by atoms with Crippen molar-refractivity contribution in [3.05, 3.63) is 38.4 Å². The highest BCUT2D eigenvalue weighted by molar-refractivity contribution is 7.15. The maximum absolute atomic E-state index is 12.5. The van der Waals surface area contributed by atoms with E-state index in [1.165, 1.54) is 52.9 Å². The first-order valence-corrected chi connectivity index (χ1v) is 10.7. The number of thiophene rings is 2. The summed E-state index contributed by atoms with van der Waals surface area (Å²) in [6.07, 6.45) is 5.74. The van der Waals surface area contributed by atoms with Gasteiger partial charge in [0.1, 0.15) is 9.88 Å². The van der Waals surface area contributed by atoms with Crippen LogP contribution in [0.15, 0.2) is 17.5 Å². The van der Waals surface area contributed by atoms with E-state index in [1.54, 1.807) is 11.4 Å². The quantitative estimate of drug-likeness (QED) is 0.739. The molecule has 2 amide bonds. The van der Waals surface area contributed by atoms with Gasteiger partial charge in [-0.15, -0.1) is 22.7 Å². The average Bonchev–Trinajstić information content (AvgIpc) is 3.21. The second-order valence-corrected chi connectivity index (χ2v) is 8.59. The van der Waals surface area contributed by atoms with Crippen LogP contribution in [0.2, 0.25) is 0 Å². The van der Waals surface area contributed by atoms with Gasteiger partial charge in [-0.25, -0.2) is 4.79 Å². The Hall–Kier alpha value is -2.19. The van der Waals surface area contributed by atoms with Gasteiger partial charge in [0.2, 0.25) is 0 Å². The summed E-state index contributed by atoms with van der Waals surface area (Å²) in [6, 6.07) is 3.45. The van der Waals surface area contributed by atoms with Crippen molar-refractivity contribution in [2.75, 3.05) is 5.32 Å². The molecule has 0 aliphatic heterocycles. The van der Waals surface area contributed by atoms with E-state index in [0.29, 0.717) is 9.88 Å². The number of carbonyl (C=O) groups is 3. The molecule has 2 aromatic heterocycles. The Kier molecular flexibility index (Phi) is 6.28. The smallest absolute Gasteiger partial charge is 0.349 e. The Balaban J connectivity index is 1.63. The molecule has 0 unspecified atom stereocenters. The number of nitrogens with one attached hydrogen (secondary N) is 1. The number of fused-ring (bicyclic) bond motifs is 1. The minimum atomic E-state index is -0.981. The number of rotatable bonds is 5. The molecular formula is C19H22N2O4S2. The van der Waals surface area contributed by atoms with Gasteiger partial charge < -0.3 is 15.8 Å². The number of aryl methyl sites for hydroxylation is 2. The molecule has 0 fully saturated rings. The maximum atomic E-state index is 12.5. The van der Waals surface area contributed by atoms with Gasteiger partial charge in [0, 0.05) is 4.88 Å². The molecule has 27 heavy (non-hydrogen) atoms. The topological polar surface area (TPSA) is 98.5 Å². The average molecular weight is 407 g/mol. The van der Waals surface area contributed by atoms with Crippen LogP contribution in [0.5, 0.6) is 0 Å². The fourth-order valence-electron chi connectivity index (χ4n) is 3.03. The van der Waals surface area contributed by atoms with Crippen LogP contribution in [-0.4, -0.2) is 23.9 Å². The molecular weight excluding hydrogens is 384 g/mol. The van der Waals surface area contributed by atoms with Crippen molar-refractivity contribution >= 4 is 45.5 Å². The van der Waals surface area contributed by atoms with Gasteiger partial charge in [-0.1, -0.05) is 12.8 Å². The maximum Gasteiger partial charge on any atom is 0.349 e. The van der Waals surface area contributed by atoms with Gasteiger partial charge >= 0.3 is 5.97 Å². The second kappa shape index (κ2) is 8.67. The van der Waals surface area contributed by atoms with Crippen LogP contribution in [0.1, 0.15) is 63.1 Å². The zero-order valence-corrected chi connectivity index (χ0v) is 16.7. The molecule has 0 bridgehead atoms. The lowest BCUT2D eigenvalue weighted by Gasteiger charge is -2.12. The van der Waals surface area contributed by atoms with Gasteiger partial charge in [-0.2, -0.15) is 0 Å². The summed E-state index contributed by atoms with van der Waals surface area (Å²) < 4.78 is 5.34. The molecule has 6 nitrogen and oxygen atoms in total. The number of amides is 2. The van der Waals surface area contributed by atoms with E-state index in [-0.39, 0.29) is 5.56 Å². The van der Waals surface area contributed by atoms with Gasteiger partial charge in [0.25, 0.3) is 11.8 Å². The van der Waals surface area contributed by atoms with E-state index in [2.05, 4.69) is 5.32 Å². The molecule has 0 saturated heterocycles. The summed E-state index contributed by atoms with van der Waals surface area (Å²) >= 11 is 2.66. The Morgan fingerprint density at radius 1 is 1.19 bits per heavy atom. The van der Waals surface area contributed by atoms with E-state index in [4.69, 9.17) is 10.5 Å². The first-order valence-electron chi connectivity index (χ1n) is 8.96. The Labute approximate surface area is 165 Å². The van der Waals surface area contributed by atoms with Crippen molar-refractivity contribution in [2.45, 2.75) is 51.6 Å². The van der Waals surface area contributed by atoms with Crippen molar-refractivity contribution in [3.63, 3.8) is 0 Å². The molecule has 0 spiro atoms. The summed E-state index contributed by atoms with van der Waals surface area (Å²) in [5.41, 5.74) is 6.74. The predicted octanol–water partition coefficient (Wildman–Crippen LogP) is 3.75. The monoisotopic (exact) mass is 406 g/mol. The number of hydrogen-bond donors (Lipinski definition) is 2. The highest BCUT2D eigenvalue weighted by atomic mass is 32.1. The highest BCUT2D eigenvalue weighted by Gasteiger charge is 2.23. The first kappa shape index (κ1) is 19.6. The number of primary amides is 1. The number of hydrogen-bond acceptors (Lipinski definition) is 6. The van der Waals surface area contributed by atoms with Crippen LogP contribution in [0.3, 0.4) is 0 Å². The molecule has 2 heterocycles. The summed E-state index contributed by atoms with van der Waals surface area (Å²) in [7, 11) is 0. The molecule has 1 aliphatic rings. The van der Waals surface area contributed by atoms with E-state index in [9.17, 15) is 14.4 Å². The van der Waals surface area contributed by atoms with Crippen molar-refractivity contribution < 1.29 is 19.1 Å². The van der Waals surface area contributed by atoms with E-state index < -0.39 is 23.9 Å². The summed E-state index contributed by atoms with van der Waals surface area (Å²) in [5, 5.41) is 4.62. The Morgan fingerprint density at radius 3 is 2.67 bits per heavy atom. The first-order chi connectivity index (χ1) is 13.0. The molecule has 0 radical (unpaired) electrons. The van der Waals surface area contributed by atoms with Crippen molar-refractivity contribution in [3.8, 4) is 0 Å². The zero-order chi connectivity index (χ0) is 19.4. The van der Waals surface area contributed by atoms with Crippen LogP contribution in [0.25, 0.3) is 0 Å². The molecule has 1 aliphatic carbocycles. The lowest BCUT2D eigenvalue weighted by molar-refractivity contribution is -0.123. The van der Waals surface area contributed by atoms with Crippen LogP contribution in [0.4, 0.5) is 5.00 Å². The number of nitrogens with two attached hydrogens (primary N) is 1. The number of esters is 1. The lowest BCUT2D eigenvalue weighted by atomic mass is 10.00. The summed E-state index contributed by atoms with van der Waals surface area (Å²) in [5.74, 6) is -1.61. The predicted molar refractivity (Wildman–Crippen MR) is 107 cm³/mol. The molecule has 1 atom stereocenters. The van der Waals surface area contributed by atoms with Gasteiger partial charge in [0.05, 0.1) is 5.56 Å². The zero-order valence-electron chi connectivity index (χ0n) is 15.1. The minimum absolute atomic E-state index is 0.241. The largest absolute Gasteiger partial charge is 0.448 e. The van der Waals surface area contributed by atoms with Crippen molar-refractivity contribution in [1.82, 2.24) is 0 Å². The van der Waals surface area contributed by atoms with E-state index >= 15 is 0 Å². The lowest BCUT2D eigenvalue weighted by Crippen LogP contribution is -2.30. The molecule has 3 N–H and O–H groups in total. The molecule has 3 rings (SSSR count). The van der Waals surface area contributed by atoms with Crippen LogP contribution >= 0.6 is 22.7 Å². The molecule has 0 aromatic carbocycles. The van der Waals surface area contributed by atoms with Crippen molar-refractivity contribution in [1.29, 1.82) is 0 Å². The third-order valence-electron chi connectivity index (χ3n) is 4.52. The molecule has 8 heteroatoms. The number of ether oxygens (including phenoxy) is 1. The SMILES string of the molecule is C[C@H](OC(=O)c1cc2c(s1)CCCCCC2)C(=O)Nc1sccc1C(N)=O. The minimum Gasteiger partial charge on any atom is -0.448 e. The van der Waals surface area contributed by atoms with Crippen molar-refractivity contribution in [2.24, 2.45) is 5.73 Å². The number of anilines is 1. The Bertz CT molecular complexity index is 830. The van der Waals surface area contributed by atoms with E-state index in [1.807, 2.05) is 6.07 Å². The van der Waals surface area contributed by atoms with Crippen LogP contribution < -0.4 is 11.1 Å². The molecule has 144 valence electrons. The third kappa shape index (κ3) is 4.75. The fourth-order valence-corrected chi connectivity index (χ4v) is 4.96. The molecule has 0 saturated carbocycles. The second-order valence-electron chi connectivity index (χ2n) is 6.54.